The zero-order valence-electron chi connectivity index (χ0n) is 22.4. The molecule has 1 aromatic rings. The minimum Gasteiger partial charge on any atom is -0.359 e. The number of amides is 3. The lowest BCUT2D eigenvalue weighted by Gasteiger charge is -2.35. The highest BCUT2D eigenvalue weighted by molar-refractivity contribution is 9.10. The Balaban J connectivity index is 1.26. The molecule has 210 valence electrons. The van der Waals surface area contributed by atoms with E-state index in [1.54, 1.807) is 4.90 Å². The molecule has 3 unspecified atom stereocenters. The average molecular weight is 600 g/mol. The van der Waals surface area contributed by atoms with Gasteiger partial charge in [-0.15, -0.1) is 0 Å². The Hall–Kier alpha value is -2.23. The van der Waals surface area contributed by atoms with E-state index in [1.165, 1.54) is 19.3 Å². The van der Waals surface area contributed by atoms with Crippen LogP contribution in [-0.2, 0) is 19.1 Å². The number of nitrogens with one attached hydrogen (secondary N) is 2. The smallest absolute Gasteiger partial charge is 0.246 e. The number of hydrogen-bond donors (Lipinski definition) is 2. The molecular formula is C30H39BrN4O4. The normalized spacial score (nSPS) is 32.7. The number of likely N-dealkylation sites (tertiary alicyclic amines) is 2. The number of anilines is 1. The molecule has 9 heteroatoms. The van der Waals surface area contributed by atoms with Crippen molar-refractivity contribution in [2.24, 2.45) is 11.8 Å². The summed E-state index contributed by atoms with van der Waals surface area (Å²) in [6.07, 6.45) is 13.4. The lowest BCUT2D eigenvalue weighted by atomic mass is 9.74. The lowest BCUT2D eigenvalue weighted by molar-refractivity contribution is -0.141. The molecule has 1 spiro atoms. The third-order valence-electron chi connectivity index (χ3n) is 9.34. The van der Waals surface area contributed by atoms with Gasteiger partial charge in [-0.05, 0) is 63.0 Å². The zero-order valence-corrected chi connectivity index (χ0v) is 24.0. The SMILES string of the molecule is O=C(Nc1ccc(Br)cc1)C1[C@@H]2C=CC3(O2)C(C(=O)NC2CCCCC2)N(CCN2CCCCCC2)C(=O)[C@H]13. The van der Waals surface area contributed by atoms with Crippen molar-refractivity contribution in [2.45, 2.75) is 81.6 Å². The fraction of sp³-hybridized carbons (Fsp3) is 0.633. The number of benzene rings is 1. The van der Waals surface area contributed by atoms with Crippen LogP contribution >= 0.6 is 15.9 Å². The van der Waals surface area contributed by atoms with Gasteiger partial charge in [0.15, 0.2) is 0 Å². The van der Waals surface area contributed by atoms with E-state index in [4.69, 9.17) is 4.74 Å². The number of halogens is 1. The van der Waals surface area contributed by atoms with Crippen LogP contribution in [0, 0.1) is 11.8 Å². The second-order valence-electron chi connectivity index (χ2n) is 11.8. The minimum absolute atomic E-state index is 0.128. The average Bonchev–Trinajstić information content (AvgIpc) is 3.48. The quantitative estimate of drug-likeness (QED) is 0.465. The van der Waals surface area contributed by atoms with E-state index in [-0.39, 0.29) is 23.8 Å². The summed E-state index contributed by atoms with van der Waals surface area (Å²) in [4.78, 5) is 45.9. The molecule has 6 rings (SSSR count). The summed E-state index contributed by atoms with van der Waals surface area (Å²) in [5, 5.41) is 6.26. The lowest BCUT2D eigenvalue weighted by Crippen LogP contribution is -2.57. The van der Waals surface area contributed by atoms with Crippen LogP contribution in [0.15, 0.2) is 40.9 Å². The summed E-state index contributed by atoms with van der Waals surface area (Å²) in [6, 6.07) is 6.74. The van der Waals surface area contributed by atoms with E-state index in [0.717, 1.165) is 62.6 Å². The molecule has 4 aliphatic heterocycles. The molecule has 39 heavy (non-hydrogen) atoms. The molecule has 0 aromatic heterocycles. The van der Waals surface area contributed by atoms with Gasteiger partial charge in [-0.25, -0.2) is 0 Å². The van der Waals surface area contributed by atoms with Crippen molar-refractivity contribution < 1.29 is 19.1 Å². The van der Waals surface area contributed by atoms with Crippen molar-refractivity contribution in [3.63, 3.8) is 0 Å². The predicted molar refractivity (Wildman–Crippen MR) is 152 cm³/mol. The fourth-order valence-corrected chi connectivity index (χ4v) is 7.67. The van der Waals surface area contributed by atoms with Crippen LogP contribution in [0.3, 0.4) is 0 Å². The first-order chi connectivity index (χ1) is 19.0. The fourth-order valence-electron chi connectivity index (χ4n) is 7.40. The number of nitrogens with zero attached hydrogens (tertiary/aromatic N) is 2. The summed E-state index contributed by atoms with van der Waals surface area (Å²) in [6.45, 7) is 3.23. The minimum atomic E-state index is -1.11. The van der Waals surface area contributed by atoms with Gasteiger partial charge in [0.05, 0.1) is 17.9 Å². The van der Waals surface area contributed by atoms with E-state index < -0.39 is 29.6 Å². The molecule has 5 aliphatic rings. The maximum Gasteiger partial charge on any atom is 0.246 e. The Morgan fingerprint density at radius 3 is 2.36 bits per heavy atom. The molecule has 4 fully saturated rings. The van der Waals surface area contributed by atoms with Gasteiger partial charge >= 0.3 is 0 Å². The van der Waals surface area contributed by atoms with Crippen LogP contribution in [0.4, 0.5) is 5.69 Å². The molecule has 2 bridgehead atoms. The van der Waals surface area contributed by atoms with Gasteiger partial charge in [-0.3, -0.25) is 14.4 Å². The largest absolute Gasteiger partial charge is 0.359 e. The first-order valence-electron chi connectivity index (χ1n) is 14.7. The number of ether oxygens (including phenoxy) is 1. The van der Waals surface area contributed by atoms with Crippen molar-refractivity contribution in [3.05, 3.63) is 40.9 Å². The first kappa shape index (κ1) is 27.0. The van der Waals surface area contributed by atoms with E-state index in [9.17, 15) is 14.4 Å². The van der Waals surface area contributed by atoms with Crippen LogP contribution < -0.4 is 10.6 Å². The van der Waals surface area contributed by atoms with Crippen molar-refractivity contribution in [3.8, 4) is 0 Å². The van der Waals surface area contributed by atoms with Crippen molar-refractivity contribution >= 4 is 39.3 Å². The summed E-state index contributed by atoms with van der Waals surface area (Å²) >= 11 is 3.42. The van der Waals surface area contributed by atoms with Gasteiger partial charge in [-0.2, -0.15) is 0 Å². The summed E-state index contributed by atoms with van der Waals surface area (Å²) in [5.74, 6) is -1.93. The Morgan fingerprint density at radius 1 is 0.949 bits per heavy atom. The van der Waals surface area contributed by atoms with Gasteiger partial charge in [0.25, 0.3) is 0 Å². The molecule has 2 N–H and O–H groups in total. The van der Waals surface area contributed by atoms with Gasteiger partial charge in [0.1, 0.15) is 11.6 Å². The van der Waals surface area contributed by atoms with E-state index in [2.05, 4.69) is 31.5 Å². The Kier molecular flexibility index (Phi) is 7.84. The molecule has 8 nitrogen and oxygen atoms in total. The maximum absolute atomic E-state index is 14.2. The number of rotatable bonds is 7. The van der Waals surface area contributed by atoms with Crippen LogP contribution in [0.25, 0.3) is 0 Å². The summed E-state index contributed by atoms with van der Waals surface area (Å²) in [5.41, 5.74) is -0.444. The second-order valence-corrected chi connectivity index (χ2v) is 12.7. The van der Waals surface area contributed by atoms with Crippen LogP contribution in [-0.4, -0.2) is 77.5 Å². The van der Waals surface area contributed by atoms with Gasteiger partial charge < -0.3 is 25.2 Å². The van der Waals surface area contributed by atoms with Crippen molar-refractivity contribution in [1.82, 2.24) is 15.1 Å². The third kappa shape index (κ3) is 5.18. The van der Waals surface area contributed by atoms with Gasteiger partial charge in [0, 0.05) is 29.3 Å². The topological polar surface area (TPSA) is 91.0 Å². The van der Waals surface area contributed by atoms with Gasteiger partial charge in [-0.1, -0.05) is 60.2 Å². The maximum atomic E-state index is 14.2. The van der Waals surface area contributed by atoms with E-state index >= 15 is 0 Å². The molecule has 1 aliphatic carbocycles. The highest BCUT2D eigenvalue weighted by Gasteiger charge is 2.72. The molecule has 3 amide bonds. The van der Waals surface area contributed by atoms with Crippen molar-refractivity contribution in [1.29, 1.82) is 0 Å². The number of carbonyl (C=O) groups is 3. The standard InChI is InChI=1S/C30H39BrN4O4/c31-20-10-12-22(13-11-20)32-27(36)24-23-14-15-30(39-23)25(24)29(38)35(19-18-34-16-6-1-2-7-17-34)26(30)28(37)33-21-8-4-3-5-9-21/h10-15,21,23-26H,1-9,16-19H2,(H,32,36)(H,33,37)/t23-,24?,25-,26?,30?/m0/s1. The van der Waals surface area contributed by atoms with Crippen molar-refractivity contribution in [2.75, 3.05) is 31.5 Å². The Morgan fingerprint density at radius 2 is 1.64 bits per heavy atom. The molecular weight excluding hydrogens is 560 g/mol. The molecule has 3 saturated heterocycles. The van der Waals surface area contributed by atoms with Crippen LogP contribution in [0.1, 0.15) is 57.8 Å². The summed E-state index contributed by atoms with van der Waals surface area (Å²) < 4.78 is 7.41. The van der Waals surface area contributed by atoms with E-state index in [1.807, 2.05) is 36.4 Å². The molecule has 5 atom stereocenters. The molecule has 1 aromatic carbocycles. The zero-order chi connectivity index (χ0) is 27.0. The van der Waals surface area contributed by atoms with E-state index in [0.29, 0.717) is 12.2 Å². The first-order valence-corrected chi connectivity index (χ1v) is 15.5. The highest BCUT2D eigenvalue weighted by Crippen LogP contribution is 2.55. The van der Waals surface area contributed by atoms with Crippen LogP contribution in [0.2, 0.25) is 0 Å². The second kappa shape index (κ2) is 11.3. The Labute approximate surface area is 239 Å². The van der Waals surface area contributed by atoms with Crippen LogP contribution in [0.5, 0.6) is 0 Å². The third-order valence-corrected chi connectivity index (χ3v) is 9.87. The predicted octanol–water partition coefficient (Wildman–Crippen LogP) is 3.86. The molecule has 1 saturated carbocycles. The highest BCUT2D eigenvalue weighted by atomic mass is 79.9. The van der Waals surface area contributed by atoms with Gasteiger partial charge in [0.2, 0.25) is 17.7 Å². The number of carbonyl (C=O) groups excluding carboxylic acids is 3. The number of hydrogen-bond acceptors (Lipinski definition) is 5. The molecule has 4 heterocycles. The monoisotopic (exact) mass is 598 g/mol. The Bertz CT molecular complexity index is 1110. The summed E-state index contributed by atoms with van der Waals surface area (Å²) in [7, 11) is 0. The number of fused-ring (bicyclic) bond motifs is 1. The molecule has 0 radical (unpaired) electrons.